The number of hydrogen-bond acceptors (Lipinski definition) is 3. The summed E-state index contributed by atoms with van der Waals surface area (Å²) < 4.78 is 0. The zero-order valence-corrected chi connectivity index (χ0v) is 12.2. The Morgan fingerprint density at radius 3 is 2.78 bits per heavy atom. The van der Waals surface area contributed by atoms with Crippen molar-refractivity contribution in [1.29, 1.82) is 0 Å². The second-order valence-corrected chi connectivity index (χ2v) is 5.81. The van der Waals surface area contributed by atoms with Gasteiger partial charge in [-0.15, -0.1) is 0 Å². The van der Waals surface area contributed by atoms with Gasteiger partial charge >= 0.3 is 0 Å². The van der Waals surface area contributed by atoms with E-state index in [1.165, 1.54) is 19.3 Å². The molecule has 0 spiro atoms. The van der Waals surface area contributed by atoms with Crippen LogP contribution in [0.4, 0.5) is 5.82 Å². The van der Waals surface area contributed by atoms with Gasteiger partial charge in [0.2, 0.25) is 0 Å². The first-order valence-corrected chi connectivity index (χ1v) is 7.16. The summed E-state index contributed by atoms with van der Waals surface area (Å²) in [5.74, 6) is 2.02. The van der Waals surface area contributed by atoms with Crippen molar-refractivity contribution in [3.05, 3.63) is 17.6 Å². The van der Waals surface area contributed by atoms with Gasteiger partial charge < -0.3 is 4.90 Å². The molecule has 0 aliphatic carbocycles. The zero-order valence-electron chi connectivity index (χ0n) is 12.2. The van der Waals surface area contributed by atoms with Gasteiger partial charge in [0.15, 0.2) is 0 Å². The fourth-order valence-electron chi connectivity index (χ4n) is 2.76. The molecule has 0 N–H and O–H groups in total. The maximum atomic E-state index is 4.62. The molecule has 1 aliphatic rings. The standard InChI is InChI=1S/C15H25N3/c1-5-13-10-14(17-12(3)16-13)18-9-7-8-15(4,6-2)11-18/h10H,5-9,11H2,1-4H3. The molecule has 1 saturated heterocycles. The van der Waals surface area contributed by atoms with Gasteiger partial charge in [0.05, 0.1) is 0 Å². The van der Waals surface area contributed by atoms with Crippen LogP contribution in [0, 0.1) is 12.3 Å². The molecule has 18 heavy (non-hydrogen) atoms. The average molecular weight is 247 g/mol. The molecule has 0 saturated carbocycles. The predicted molar refractivity (Wildman–Crippen MR) is 76.0 cm³/mol. The highest BCUT2D eigenvalue weighted by molar-refractivity contribution is 5.40. The van der Waals surface area contributed by atoms with E-state index in [1.807, 2.05) is 6.92 Å². The molecule has 3 nitrogen and oxygen atoms in total. The summed E-state index contributed by atoms with van der Waals surface area (Å²) in [6, 6.07) is 2.16. The molecule has 1 fully saturated rings. The molecule has 0 aromatic carbocycles. The normalized spacial score (nSPS) is 24.3. The maximum Gasteiger partial charge on any atom is 0.132 e. The third kappa shape index (κ3) is 2.82. The number of rotatable bonds is 3. The lowest BCUT2D eigenvalue weighted by Gasteiger charge is -2.40. The summed E-state index contributed by atoms with van der Waals surface area (Å²) in [6.45, 7) is 11.1. The first-order valence-electron chi connectivity index (χ1n) is 7.16. The third-order valence-corrected chi connectivity index (χ3v) is 4.20. The minimum atomic E-state index is 0.448. The number of hydrogen-bond donors (Lipinski definition) is 0. The Labute approximate surface area is 111 Å². The van der Waals surface area contributed by atoms with Crippen LogP contribution in [-0.2, 0) is 6.42 Å². The van der Waals surface area contributed by atoms with Crippen LogP contribution in [0.1, 0.15) is 51.6 Å². The van der Waals surface area contributed by atoms with E-state index in [9.17, 15) is 0 Å². The number of piperidine rings is 1. The van der Waals surface area contributed by atoms with Crippen molar-refractivity contribution in [2.45, 2.75) is 53.4 Å². The second-order valence-electron chi connectivity index (χ2n) is 5.81. The van der Waals surface area contributed by atoms with Gasteiger partial charge in [0, 0.05) is 24.8 Å². The highest BCUT2D eigenvalue weighted by atomic mass is 15.2. The van der Waals surface area contributed by atoms with Gasteiger partial charge in [-0.1, -0.05) is 20.8 Å². The fraction of sp³-hybridized carbons (Fsp3) is 0.733. The van der Waals surface area contributed by atoms with Crippen molar-refractivity contribution in [3.8, 4) is 0 Å². The van der Waals surface area contributed by atoms with Crippen LogP contribution in [0.15, 0.2) is 6.07 Å². The Balaban J connectivity index is 2.23. The van der Waals surface area contributed by atoms with Crippen LogP contribution in [0.5, 0.6) is 0 Å². The van der Waals surface area contributed by atoms with Crippen molar-refractivity contribution >= 4 is 5.82 Å². The van der Waals surface area contributed by atoms with Crippen molar-refractivity contribution in [1.82, 2.24) is 9.97 Å². The molecule has 1 unspecified atom stereocenters. The van der Waals surface area contributed by atoms with Crippen molar-refractivity contribution in [2.24, 2.45) is 5.41 Å². The Morgan fingerprint density at radius 2 is 2.11 bits per heavy atom. The highest BCUT2D eigenvalue weighted by Crippen LogP contribution is 2.34. The van der Waals surface area contributed by atoms with Crippen LogP contribution in [0.2, 0.25) is 0 Å². The topological polar surface area (TPSA) is 29.0 Å². The molecule has 0 radical (unpaired) electrons. The van der Waals surface area contributed by atoms with Gasteiger partial charge in [-0.3, -0.25) is 0 Å². The van der Waals surface area contributed by atoms with Gasteiger partial charge in [-0.05, 0) is 38.0 Å². The van der Waals surface area contributed by atoms with Crippen LogP contribution in [-0.4, -0.2) is 23.1 Å². The number of anilines is 1. The molecule has 1 aromatic rings. The minimum absolute atomic E-state index is 0.448. The first kappa shape index (κ1) is 13.3. The van der Waals surface area contributed by atoms with Gasteiger partial charge in [0.1, 0.15) is 11.6 Å². The highest BCUT2D eigenvalue weighted by Gasteiger charge is 2.30. The quantitative estimate of drug-likeness (QED) is 0.820. The third-order valence-electron chi connectivity index (χ3n) is 4.20. The van der Waals surface area contributed by atoms with Crippen LogP contribution in [0.25, 0.3) is 0 Å². The van der Waals surface area contributed by atoms with E-state index in [4.69, 9.17) is 0 Å². The van der Waals surface area contributed by atoms with E-state index in [0.29, 0.717) is 5.41 Å². The summed E-state index contributed by atoms with van der Waals surface area (Å²) in [7, 11) is 0. The zero-order chi connectivity index (χ0) is 13.2. The molecular formula is C15H25N3. The summed E-state index contributed by atoms with van der Waals surface area (Å²) in [4.78, 5) is 11.5. The van der Waals surface area contributed by atoms with Crippen LogP contribution in [0.3, 0.4) is 0 Å². The van der Waals surface area contributed by atoms with Crippen molar-refractivity contribution in [3.63, 3.8) is 0 Å². The molecule has 2 heterocycles. The lowest BCUT2D eigenvalue weighted by atomic mass is 9.80. The molecule has 3 heteroatoms. The molecule has 0 amide bonds. The van der Waals surface area contributed by atoms with E-state index >= 15 is 0 Å². The number of aromatic nitrogens is 2. The van der Waals surface area contributed by atoms with E-state index in [1.54, 1.807) is 0 Å². The lowest BCUT2D eigenvalue weighted by Crippen LogP contribution is -2.42. The van der Waals surface area contributed by atoms with Crippen molar-refractivity contribution < 1.29 is 0 Å². The number of nitrogens with zero attached hydrogens (tertiary/aromatic N) is 3. The Kier molecular flexibility index (Phi) is 3.88. The van der Waals surface area contributed by atoms with E-state index in [2.05, 4.69) is 41.7 Å². The molecule has 100 valence electrons. The largest absolute Gasteiger partial charge is 0.356 e. The molecule has 1 aromatic heterocycles. The molecular weight excluding hydrogens is 222 g/mol. The van der Waals surface area contributed by atoms with Crippen LogP contribution >= 0.6 is 0 Å². The summed E-state index contributed by atoms with van der Waals surface area (Å²) >= 11 is 0. The van der Waals surface area contributed by atoms with Gasteiger partial charge in [0.25, 0.3) is 0 Å². The minimum Gasteiger partial charge on any atom is -0.356 e. The summed E-state index contributed by atoms with van der Waals surface area (Å²) in [5, 5.41) is 0. The lowest BCUT2D eigenvalue weighted by molar-refractivity contribution is 0.250. The summed E-state index contributed by atoms with van der Waals surface area (Å²) in [6.07, 6.45) is 4.84. The maximum absolute atomic E-state index is 4.62. The molecule has 1 aliphatic heterocycles. The smallest absolute Gasteiger partial charge is 0.132 e. The number of aryl methyl sites for hydroxylation is 2. The first-order chi connectivity index (χ1) is 8.56. The summed E-state index contributed by atoms with van der Waals surface area (Å²) in [5.41, 5.74) is 1.60. The second kappa shape index (κ2) is 5.25. The van der Waals surface area contributed by atoms with Gasteiger partial charge in [-0.2, -0.15) is 0 Å². The SMILES string of the molecule is CCc1cc(N2CCCC(C)(CC)C2)nc(C)n1. The van der Waals surface area contributed by atoms with Gasteiger partial charge in [-0.25, -0.2) is 9.97 Å². The Morgan fingerprint density at radius 1 is 1.33 bits per heavy atom. The van der Waals surface area contributed by atoms with Crippen LogP contribution < -0.4 is 4.90 Å². The Hall–Kier alpha value is -1.12. The van der Waals surface area contributed by atoms with E-state index < -0.39 is 0 Å². The monoisotopic (exact) mass is 247 g/mol. The van der Waals surface area contributed by atoms with E-state index in [0.717, 1.165) is 36.8 Å². The molecule has 1 atom stereocenters. The molecule has 2 rings (SSSR count). The predicted octanol–water partition coefficient (Wildman–Crippen LogP) is 3.36. The molecule has 0 bridgehead atoms. The Bertz CT molecular complexity index is 416. The fourth-order valence-corrected chi connectivity index (χ4v) is 2.76. The van der Waals surface area contributed by atoms with Crippen molar-refractivity contribution in [2.75, 3.05) is 18.0 Å². The van der Waals surface area contributed by atoms with E-state index in [-0.39, 0.29) is 0 Å². The average Bonchev–Trinajstić information content (AvgIpc) is 2.38.